The molecule has 3 aromatic rings. The van der Waals surface area contributed by atoms with Gasteiger partial charge in [-0.05, 0) is 52.3 Å². The Balaban J connectivity index is 1.32. The number of rotatable bonds is 5. The van der Waals surface area contributed by atoms with E-state index in [0.717, 1.165) is 4.47 Å². The molecule has 6 nitrogen and oxygen atoms in total. The van der Waals surface area contributed by atoms with Gasteiger partial charge in [0.05, 0.1) is 17.8 Å². The highest BCUT2D eigenvalue weighted by atomic mass is 79.9. The Morgan fingerprint density at radius 2 is 1.93 bits per heavy atom. The molecule has 0 saturated carbocycles. The summed E-state index contributed by atoms with van der Waals surface area (Å²) < 4.78 is 21.0. The van der Waals surface area contributed by atoms with Gasteiger partial charge in [0, 0.05) is 17.6 Å². The number of hydrogen-bond donors (Lipinski definition) is 0. The third-order valence-corrected chi connectivity index (χ3v) is 5.08. The lowest BCUT2D eigenvalue weighted by Crippen LogP contribution is -2.51. The van der Waals surface area contributed by atoms with Crippen LogP contribution in [0.25, 0.3) is 0 Å². The van der Waals surface area contributed by atoms with Crippen molar-refractivity contribution in [2.75, 3.05) is 13.1 Å². The van der Waals surface area contributed by atoms with Gasteiger partial charge in [-0.15, -0.1) is 5.10 Å². The molecule has 0 bridgehead atoms. The summed E-state index contributed by atoms with van der Waals surface area (Å²) in [6.07, 6.45) is 1.81. The maximum absolute atomic E-state index is 12.9. The molecule has 138 valence electrons. The zero-order valence-electron chi connectivity index (χ0n) is 14.3. The van der Waals surface area contributed by atoms with Gasteiger partial charge in [-0.25, -0.2) is 9.07 Å². The summed E-state index contributed by atoms with van der Waals surface area (Å²) in [5.41, 5.74) is 1.33. The molecule has 2 aromatic carbocycles. The zero-order valence-corrected chi connectivity index (χ0v) is 15.8. The van der Waals surface area contributed by atoms with Crippen LogP contribution in [0.15, 0.2) is 59.2 Å². The maximum atomic E-state index is 12.9. The quantitative estimate of drug-likeness (QED) is 0.621. The Morgan fingerprint density at radius 1 is 1.19 bits per heavy atom. The van der Waals surface area contributed by atoms with Gasteiger partial charge < -0.3 is 9.64 Å². The topological polar surface area (TPSA) is 60.2 Å². The summed E-state index contributed by atoms with van der Waals surface area (Å²) in [5, 5.41) is 8.22. The van der Waals surface area contributed by atoms with Crippen LogP contribution in [0.4, 0.5) is 4.39 Å². The Morgan fingerprint density at radius 3 is 2.67 bits per heavy atom. The molecular formula is C19H16BrFN4O2. The molecule has 1 aliphatic heterocycles. The largest absolute Gasteiger partial charge is 0.487 e. The van der Waals surface area contributed by atoms with Crippen molar-refractivity contribution >= 4 is 21.8 Å². The Kier molecular flexibility index (Phi) is 4.89. The van der Waals surface area contributed by atoms with E-state index in [0.29, 0.717) is 30.1 Å². The average molecular weight is 431 g/mol. The van der Waals surface area contributed by atoms with E-state index >= 15 is 0 Å². The molecule has 8 heteroatoms. The maximum Gasteiger partial charge on any atom is 0.255 e. The molecule has 0 unspecified atom stereocenters. The molecule has 4 rings (SSSR count). The second kappa shape index (κ2) is 7.48. The van der Waals surface area contributed by atoms with E-state index in [1.807, 2.05) is 24.4 Å². The predicted molar refractivity (Wildman–Crippen MR) is 99.8 cm³/mol. The minimum absolute atomic E-state index is 0.00120. The van der Waals surface area contributed by atoms with Crippen molar-refractivity contribution in [3.63, 3.8) is 0 Å². The van der Waals surface area contributed by atoms with E-state index in [4.69, 9.17) is 4.74 Å². The summed E-state index contributed by atoms with van der Waals surface area (Å²) >= 11 is 3.41. The lowest BCUT2D eigenvalue weighted by molar-refractivity contribution is 0.0497. The van der Waals surface area contributed by atoms with Crippen molar-refractivity contribution in [2.24, 2.45) is 0 Å². The number of hydrogen-bond acceptors (Lipinski definition) is 4. The van der Waals surface area contributed by atoms with Gasteiger partial charge in [-0.2, -0.15) is 0 Å². The molecule has 1 saturated heterocycles. The fraction of sp³-hybridized carbons (Fsp3) is 0.211. The number of likely N-dealkylation sites (tertiary alicyclic amines) is 1. The second-order valence-corrected chi connectivity index (χ2v) is 7.13. The third-order valence-electron chi connectivity index (χ3n) is 4.39. The second-order valence-electron chi connectivity index (χ2n) is 6.28. The van der Waals surface area contributed by atoms with Gasteiger partial charge in [0.25, 0.3) is 5.91 Å². The van der Waals surface area contributed by atoms with Gasteiger partial charge in [-0.3, -0.25) is 4.79 Å². The normalized spacial score (nSPS) is 14.1. The standard InChI is InChI=1S/C19H16BrFN4O2/c20-18-4-2-1-3-17(18)19(26)24-10-15(11-24)25-9-14(22-23-25)12-27-16-7-5-13(21)6-8-16/h1-9,15H,10-12H2. The number of amides is 1. The van der Waals surface area contributed by atoms with E-state index < -0.39 is 0 Å². The Hall–Kier alpha value is -2.74. The number of nitrogens with zero attached hydrogens (tertiary/aromatic N) is 4. The van der Waals surface area contributed by atoms with Gasteiger partial charge in [0.1, 0.15) is 23.9 Å². The lowest BCUT2D eigenvalue weighted by atomic mass is 10.1. The van der Waals surface area contributed by atoms with Gasteiger partial charge in [0.15, 0.2) is 0 Å². The van der Waals surface area contributed by atoms with Crippen LogP contribution in [0.1, 0.15) is 22.1 Å². The average Bonchev–Trinajstić information content (AvgIpc) is 3.09. The van der Waals surface area contributed by atoms with Crippen molar-refractivity contribution < 1.29 is 13.9 Å². The first-order valence-corrected chi connectivity index (χ1v) is 9.22. The first-order valence-electron chi connectivity index (χ1n) is 8.43. The van der Waals surface area contributed by atoms with Gasteiger partial charge in [-0.1, -0.05) is 17.3 Å². The molecule has 0 radical (unpaired) electrons. The van der Waals surface area contributed by atoms with Crippen molar-refractivity contribution in [3.8, 4) is 5.75 Å². The van der Waals surface area contributed by atoms with E-state index in [-0.39, 0.29) is 24.4 Å². The molecule has 2 heterocycles. The number of aromatic nitrogens is 3. The number of benzene rings is 2. The van der Waals surface area contributed by atoms with Crippen molar-refractivity contribution in [3.05, 3.63) is 76.3 Å². The predicted octanol–water partition coefficient (Wildman–Crippen LogP) is 3.46. The summed E-state index contributed by atoms with van der Waals surface area (Å²) in [6, 6.07) is 13.3. The minimum Gasteiger partial charge on any atom is -0.487 e. The highest BCUT2D eigenvalue weighted by molar-refractivity contribution is 9.10. The first kappa shape index (κ1) is 17.7. The van der Waals surface area contributed by atoms with Crippen molar-refractivity contribution in [2.45, 2.75) is 12.6 Å². The van der Waals surface area contributed by atoms with Crippen LogP contribution in [0.2, 0.25) is 0 Å². The summed E-state index contributed by atoms with van der Waals surface area (Å²) in [5.74, 6) is 0.262. The number of ether oxygens (including phenoxy) is 1. The van der Waals surface area contributed by atoms with Gasteiger partial charge in [0.2, 0.25) is 0 Å². The number of carbonyl (C=O) groups excluding carboxylic acids is 1. The van der Waals surface area contributed by atoms with E-state index in [1.54, 1.807) is 27.8 Å². The summed E-state index contributed by atoms with van der Waals surface area (Å²) in [6.45, 7) is 1.42. The summed E-state index contributed by atoms with van der Waals surface area (Å²) in [7, 11) is 0. The van der Waals surface area contributed by atoms with Crippen molar-refractivity contribution in [1.82, 2.24) is 19.9 Å². The van der Waals surface area contributed by atoms with Crippen LogP contribution >= 0.6 is 15.9 Å². The number of carbonyl (C=O) groups is 1. The van der Waals surface area contributed by atoms with Crippen LogP contribution in [0, 0.1) is 5.82 Å². The molecule has 1 amide bonds. The Bertz CT molecular complexity index is 954. The molecule has 0 aliphatic carbocycles. The molecular weight excluding hydrogens is 415 g/mol. The molecule has 1 aromatic heterocycles. The van der Waals surface area contributed by atoms with Crippen LogP contribution in [-0.2, 0) is 6.61 Å². The molecule has 1 aliphatic rings. The van der Waals surface area contributed by atoms with Gasteiger partial charge >= 0.3 is 0 Å². The Labute approximate surface area is 163 Å². The zero-order chi connectivity index (χ0) is 18.8. The molecule has 27 heavy (non-hydrogen) atoms. The fourth-order valence-electron chi connectivity index (χ4n) is 2.84. The van der Waals surface area contributed by atoms with Crippen LogP contribution in [0.5, 0.6) is 5.75 Å². The smallest absolute Gasteiger partial charge is 0.255 e. The van der Waals surface area contributed by atoms with E-state index in [2.05, 4.69) is 26.2 Å². The first-order chi connectivity index (χ1) is 13.1. The molecule has 0 spiro atoms. The summed E-state index contributed by atoms with van der Waals surface area (Å²) in [4.78, 5) is 14.3. The third kappa shape index (κ3) is 3.85. The van der Waals surface area contributed by atoms with Crippen molar-refractivity contribution in [1.29, 1.82) is 0 Å². The van der Waals surface area contributed by atoms with Crippen LogP contribution in [-0.4, -0.2) is 38.9 Å². The highest BCUT2D eigenvalue weighted by Gasteiger charge is 2.33. The van der Waals surface area contributed by atoms with Crippen LogP contribution < -0.4 is 4.74 Å². The fourth-order valence-corrected chi connectivity index (χ4v) is 3.29. The monoisotopic (exact) mass is 430 g/mol. The molecule has 1 fully saturated rings. The molecule has 0 atom stereocenters. The minimum atomic E-state index is -0.306. The number of halogens is 2. The van der Waals surface area contributed by atoms with Crippen LogP contribution in [0.3, 0.4) is 0 Å². The lowest BCUT2D eigenvalue weighted by Gasteiger charge is -2.39. The SMILES string of the molecule is O=C(c1ccccc1Br)N1CC(n2cc(COc3ccc(F)cc3)nn2)C1. The van der Waals surface area contributed by atoms with E-state index in [9.17, 15) is 9.18 Å². The molecule has 0 N–H and O–H groups in total. The van der Waals surface area contributed by atoms with E-state index in [1.165, 1.54) is 12.1 Å². The highest BCUT2D eigenvalue weighted by Crippen LogP contribution is 2.25.